The van der Waals surface area contributed by atoms with Crippen LogP contribution >= 0.6 is 0 Å². The summed E-state index contributed by atoms with van der Waals surface area (Å²) in [6.45, 7) is 14.5. The number of nitrogens with zero attached hydrogens (tertiary/aromatic N) is 1. The van der Waals surface area contributed by atoms with E-state index in [-0.39, 0.29) is 21.7 Å². The lowest BCUT2D eigenvalue weighted by Crippen LogP contribution is -2.74. The van der Waals surface area contributed by atoms with E-state index >= 15 is 0 Å². The molecule has 2 bridgehead atoms. The molecule has 4 fully saturated rings. The summed E-state index contributed by atoms with van der Waals surface area (Å²) in [5, 5.41) is 0. The van der Waals surface area contributed by atoms with Gasteiger partial charge in [0.2, 0.25) is 0 Å². The van der Waals surface area contributed by atoms with Crippen molar-refractivity contribution < 1.29 is 4.74 Å². The Morgan fingerprint density at radius 3 is 1.93 bits per heavy atom. The zero-order chi connectivity index (χ0) is 39.8. The van der Waals surface area contributed by atoms with Gasteiger partial charge >= 0.3 is 0 Å². The molecule has 2 nitrogen and oxygen atoms in total. The summed E-state index contributed by atoms with van der Waals surface area (Å²) >= 11 is 0. The molecule has 1 aliphatic heterocycles. The molecule has 59 heavy (non-hydrogen) atoms. The van der Waals surface area contributed by atoms with E-state index < -0.39 is 0 Å². The van der Waals surface area contributed by atoms with Crippen molar-refractivity contribution in [1.82, 2.24) is 0 Å². The lowest BCUT2D eigenvalue weighted by Gasteiger charge is -2.77. The van der Waals surface area contributed by atoms with E-state index in [9.17, 15) is 0 Å². The Hall–Kier alpha value is -5.08. The predicted octanol–water partition coefficient (Wildman–Crippen LogP) is 14.9. The summed E-state index contributed by atoms with van der Waals surface area (Å²) in [6.07, 6.45) is 8.16. The van der Waals surface area contributed by atoms with Crippen molar-refractivity contribution in [3.63, 3.8) is 0 Å². The van der Waals surface area contributed by atoms with Crippen LogP contribution < -0.4 is 9.64 Å². The molecule has 4 saturated carbocycles. The van der Waals surface area contributed by atoms with Crippen LogP contribution in [-0.2, 0) is 21.7 Å². The first-order chi connectivity index (χ1) is 28.4. The zero-order valence-corrected chi connectivity index (χ0v) is 35.5. The van der Waals surface area contributed by atoms with Crippen LogP contribution in [-0.4, -0.2) is 0 Å². The summed E-state index contributed by atoms with van der Waals surface area (Å²) < 4.78 is 7.04. The van der Waals surface area contributed by atoms with Gasteiger partial charge in [0.15, 0.2) is 0 Å². The van der Waals surface area contributed by atoms with Gasteiger partial charge in [0, 0.05) is 45.1 Å². The number of hydrogen-bond acceptors (Lipinski definition) is 2. The minimum Gasteiger partial charge on any atom is -0.457 e. The van der Waals surface area contributed by atoms with E-state index in [0.717, 1.165) is 46.5 Å². The first kappa shape index (κ1) is 34.8. The van der Waals surface area contributed by atoms with Crippen molar-refractivity contribution in [3.8, 4) is 33.8 Å². The quantitative estimate of drug-likeness (QED) is 0.177. The molecule has 6 atom stereocenters. The van der Waals surface area contributed by atoms with Crippen LogP contribution in [0.2, 0.25) is 0 Å². The van der Waals surface area contributed by atoms with Gasteiger partial charge in [-0.2, -0.15) is 0 Å². The Labute approximate surface area is 350 Å². The van der Waals surface area contributed by atoms with Gasteiger partial charge in [-0.3, -0.25) is 0 Å². The molecule has 6 aliphatic carbocycles. The minimum atomic E-state index is -0.0945. The molecule has 0 aromatic heterocycles. The Morgan fingerprint density at radius 2 is 1.12 bits per heavy atom. The summed E-state index contributed by atoms with van der Waals surface area (Å²) in [7, 11) is 0. The van der Waals surface area contributed by atoms with Crippen molar-refractivity contribution >= 4 is 17.1 Å². The lowest BCUT2D eigenvalue weighted by molar-refractivity contribution is -0.235. The van der Waals surface area contributed by atoms with Crippen LogP contribution in [0.25, 0.3) is 22.3 Å². The molecule has 6 aromatic carbocycles. The second kappa shape index (κ2) is 11.2. The average molecular weight is 770 g/mol. The minimum absolute atomic E-state index is 0.0723. The molecule has 2 spiro atoms. The average Bonchev–Trinajstić information content (AvgIpc) is 3.85. The topological polar surface area (TPSA) is 12.5 Å². The number of fused-ring (bicyclic) bond motifs is 11. The van der Waals surface area contributed by atoms with Gasteiger partial charge in [0.1, 0.15) is 11.5 Å². The summed E-state index contributed by atoms with van der Waals surface area (Å²) in [5.74, 6) is 5.46. The molecule has 13 rings (SSSR count). The van der Waals surface area contributed by atoms with Crippen LogP contribution in [0.4, 0.5) is 17.1 Å². The third-order valence-corrected chi connectivity index (χ3v) is 17.9. The molecular weight excluding hydrogens is 715 g/mol. The van der Waals surface area contributed by atoms with E-state index in [0.29, 0.717) is 5.41 Å². The highest BCUT2D eigenvalue weighted by Gasteiger charge is 2.84. The molecule has 2 heteroatoms. The van der Waals surface area contributed by atoms with Gasteiger partial charge in [0.25, 0.3) is 0 Å². The van der Waals surface area contributed by atoms with Gasteiger partial charge < -0.3 is 9.64 Å². The second-order valence-electron chi connectivity index (χ2n) is 21.7. The van der Waals surface area contributed by atoms with E-state index in [1.54, 1.807) is 0 Å². The molecule has 0 saturated heterocycles. The molecule has 1 heterocycles. The molecule has 7 aliphatic rings. The van der Waals surface area contributed by atoms with Crippen LogP contribution in [0.5, 0.6) is 11.5 Å². The van der Waals surface area contributed by atoms with Gasteiger partial charge in [-0.15, -0.1) is 0 Å². The highest BCUT2D eigenvalue weighted by molar-refractivity contribution is 5.86. The Balaban J connectivity index is 0.948. The molecule has 0 radical (unpaired) electrons. The number of benzene rings is 6. The summed E-state index contributed by atoms with van der Waals surface area (Å²) in [6, 6.07) is 49.1. The largest absolute Gasteiger partial charge is 0.457 e. The van der Waals surface area contributed by atoms with Crippen molar-refractivity contribution in [2.75, 3.05) is 4.90 Å². The zero-order valence-electron chi connectivity index (χ0n) is 35.5. The number of anilines is 3. The van der Waals surface area contributed by atoms with Crippen LogP contribution in [0.15, 0.2) is 127 Å². The Kier molecular flexibility index (Phi) is 6.59. The molecule has 0 N–H and O–H groups in total. The van der Waals surface area contributed by atoms with Crippen LogP contribution in [0.1, 0.15) is 113 Å². The van der Waals surface area contributed by atoms with Gasteiger partial charge in [0.05, 0.1) is 0 Å². The van der Waals surface area contributed by atoms with Crippen molar-refractivity contribution in [2.45, 2.75) is 102 Å². The van der Waals surface area contributed by atoms with Crippen molar-refractivity contribution in [1.29, 1.82) is 0 Å². The molecule has 6 unspecified atom stereocenters. The van der Waals surface area contributed by atoms with Crippen LogP contribution in [0, 0.1) is 29.1 Å². The van der Waals surface area contributed by atoms with E-state index in [2.05, 4.69) is 174 Å². The molecule has 294 valence electrons. The lowest BCUT2D eigenvalue weighted by atomic mass is 9.26. The Bertz CT molecular complexity index is 2790. The normalized spacial score (nSPS) is 29.5. The van der Waals surface area contributed by atoms with E-state index in [1.807, 2.05) is 0 Å². The summed E-state index contributed by atoms with van der Waals surface area (Å²) in [5.41, 5.74) is 18.4. The molecular formula is C57H55NO. The maximum Gasteiger partial charge on any atom is 0.133 e. The maximum absolute atomic E-state index is 7.04. The highest BCUT2D eigenvalue weighted by Crippen LogP contribution is 2.89. The van der Waals surface area contributed by atoms with Gasteiger partial charge in [-0.05, 0) is 159 Å². The van der Waals surface area contributed by atoms with Gasteiger partial charge in [-0.25, -0.2) is 0 Å². The predicted molar refractivity (Wildman–Crippen MR) is 242 cm³/mol. The highest BCUT2D eigenvalue weighted by atomic mass is 16.5. The molecule has 0 amide bonds. The standard InChI is InChI=1S/C57H55NO/c1-53(2)25-26-54(3,4)48-29-36(17-23-44(48)53)35-15-18-38(19-16-35)58(39-20-22-42-41-11-7-8-12-43(41)55(5,6)47(42)31-39)40-21-24-46-50(32-40)59-49-14-10-9-13-45(49)57(46)51-28-34-27-37-30-52(57)56(37,51)33-34/h7-24,29,31-32,34,37,51-52H,25-28,30,33H2,1-6H3. The number of rotatable bonds is 4. The second-order valence-corrected chi connectivity index (χ2v) is 21.7. The monoisotopic (exact) mass is 769 g/mol. The fourth-order valence-corrected chi connectivity index (χ4v) is 15.1. The third-order valence-electron chi connectivity index (χ3n) is 17.9. The van der Waals surface area contributed by atoms with Crippen molar-refractivity contribution in [2.24, 2.45) is 29.1 Å². The first-order valence-electron chi connectivity index (χ1n) is 22.6. The number of hydrogen-bond donors (Lipinski definition) is 0. The fraction of sp³-hybridized carbons (Fsp3) is 0.368. The van der Waals surface area contributed by atoms with E-state index in [4.69, 9.17) is 4.74 Å². The Morgan fingerprint density at radius 1 is 0.492 bits per heavy atom. The SMILES string of the molecule is CC1(C)CCC(C)(C)c2cc(-c3ccc(N(c4ccc5c(c4)Oc4ccccc4C54C5CC6CC7CC4C75C6)c4ccc5c(c4)C(C)(C)c4ccccc4-5)cc3)ccc21. The fourth-order valence-electron chi connectivity index (χ4n) is 15.1. The van der Waals surface area contributed by atoms with Crippen LogP contribution in [0.3, 0.4) is 0 Å². The number of para-hydroxylation sites is 1. The maximum atomic E-state index is 7.04. The van der Waals surface area contributed by atoms with E-state index in [1.165, 1.54) is 99.8 Å². The van der Waals surface area contributed by atoms with Gasteiger partial charge in [-0.1, -0.05) is 126 Å². The smallest absolute Gasteiger partial charge is 0.133 e. The first-order valence-corrected chi connectivity index (χ1v) is 22.6. The summed E-state index contributed by atoms with van der Waals surface area (Å²) in [4.78, 5) is 2.48. The third kappa shape index (κ3) is 4.24. The number of ether oxygens (including phenoxy) is 1. The van der Waals surface area contributed by atoms with Crippen molar-refractivity contribution in [3.05, 3.63) is 161 Å². The molecule has 6 aromatic rings.